The molecule has 4 amide bonds. The number of primary amides is 1. The van der Waals surface area contributed by atoms with Gasteiger partial charge in [-0.2, -0.15) is 0 Å². The molecule has 0 fully saturated rings. The topological polar surface area (TPSA) is 147 Å². The van der Waals surface area contributed by atoms with Crippen LogP contribution in [0.2, 0.25) is 0 Å². The minimum absolute atomic E-state index is 0.314. The first-order chi connectivity index (χ1) is 18.0. The van der Waals surface area contributed by atoms with Gasteiger partial charge in [0.05, 0.1) is 13.1 Å². The summed E-state index contributed by atoms with van der Waals surface area (Å²) in [6.45, 7) is 13.2. The summed E-state index contributed by atoms with van der Waals surface area (Å²) >= 11 is 0. The Hall–Kier alpha value is -4.01. The van der Waals surface area contributed by atoms with E-state index < -0.39 is 42.0 Å². The summed E-state index contributed by atoms with van der Waals surface area (Å²) < 4.78 is 0. The molecule has 0 unspecified atom stereocenters. The van der Waals surface area contributed by atoms with E-state index in [4.69, 9.17) is 5.73 Å². The summed E-state index contributed by atoms with van der Waals surface area (Å²) in [5.74, 6) is -3.11. The lowest BCUT2D eigenvalue weighted by atomic mass is 10.0. The smallest absolute Gasteiger partial charge is 0.286 e. The molecule has 9 heteroatoms. The first-order valence-electron chi connectivity index (χ1n) is 12.8. The molecule has 0 bridgehead atoms. The van der Waals surface area contributed by atoms with E-state index in [1.165, 1.54) is 18.9 Å². The van der Waals surface area contributed by atoms with Crippen LogP contribution in [-0.4, -0.2) is 48.5 Å². The lowest BCUT2D eigenvalue weighted by Gasteiger charge is -2.14. The lowest BCUT2D eigenvalue weighted by molar-refractivity contribution is -0.136. The molecule has 2 aromatic rings. The zero-order chi connectivity index (χ0) is 29.5. The number of Topliss-reactive ketones (excluding diaryl/α,β-unsaturated/α-hetero) is 1. The van der Waals surface area contributed by atoms with Gasteiger partial charge in [-0.05, 0) is 30.5 Å². The number of rotatable bonds is 9. The van der Waals surface area contributed by atoms with Crippen LogP contribution in [0.5, 0.6) is 0 Å². The lowest BCUT2D eigenvalue weighted by Crippen LogP contribution is -2.49. The van der Waals surface area contributed by atoms with Crippen molar-refractivity contribution in [3.05, 3.63) is 71.8 Å². The van der Waals surface area contributed by atoms with Gasteiger partial charge in [0.25, 0.3) is 11.8 Å². The van der Waals surface area contributed by atoms with E-state index in [0.717, 1.165) is 0 Å². The molecule has 210 valence electrons. The summed E-state index contributed by atoms with van der Waals surface area (Å²) in [5.41, 5.74) is 6.56. The molecule has 0 aliphatic carbocycles. The molecule has 38 heavy (non-hydrogen) atoms. The molecule has 0 heterocycles. The molecule has 9 nitrogen and oxygen atoms in total. The van der Waals surface area contributed by atoms with Crippen LogP contribution in [-0.2, 0) is 19.2 Å². The van der Waals surface area contributed by atoms with E-state index >= 15 is 0 Å². The van der Waals surface area contributed by atoms with E-state index in [-0.39, 0.29) is 6.54 Å². The highest BCUT2D eigenvalue weighted by Crippen LogP contribution is 2.11. The van der Waals surface area contributed by atoms with Crippen molar-refractivity contribution in [2.75, 3.05) is 13.1 Å². The molecule has 0 radical (unpaired) electrons. The predicted octanol–water partition coefficient (Wildman–Crippen LogP) is 3.34. The molecular formula is C29H44N4O5. The van der Waals surface area contributed by atoms with Crippen molar-refractivity contribution in [3.63, 3.8) is 0 Å². The first-order valence-corrected chi connectivity index (χ1v) is 12.8. The number of nitrogens with two attached hydrogens (primary N) is 1. The second-order valence-electron chi connectivity index (χ2n) is 8.12. The summed E-state index contributed by atoms with van der Waals surface area (Å²) in [4.78, 5) is 56.6. The van der Waals surface area contributed by atoms with Crippen molar-refractivity contribution < 1.29 is 24.0 Å². The van der Waals surface area contributed by atoms with E-state index in [1.807, 2.05) is 19.9 Å². The van der Waals surface area contributed by atoms with Gasteiger partial charge < -0.3 is 21.7 Å². The summed E-state index contributed by atoms with van der Waals surface area (Å²) in [6.07, 6.45) is 1.25. The Bertz CT molecular complexity index is 963. The maximum absolute atomic E-state index is 11.8. The Morgan fingerprint density at radius 3 is 1.66 bits per heavy atom. The minimum atomic E-state index is -1.16. The maximum Gasteiger partial charge on any atom is 0.286 e. The fraction of sp³-hybridized carbons (Fsp3) is 0.414. The van der Waals surface area contributed by atoms with Crippen LogP contribution < -0.4 is 21.7 Å². The van der Waals surface area contributed by atoms with Gasteiger partial charge in [0.15, 0.2) is 0 Å². The van der Waals surface area contributed by atoms with Crippen molar-refractivity contribution in [1.29, 1.82) is 0 Å². The van der Waals surface area contributed by atoms with E-state index in [1.54, 1.807) is 30.3 Å². The van der Waals surface area contributed by atoms with E-state index in [9.17, 15) is 24.0 Å². The van der Waals surface area contributed by atoms with Crippen LogP contribution in [0.15, 0.2) is 60.7 Å². The molecule has 2 rings (SSSR count). The Morgan fingerprint density at radius 1 is 0.763 bits per heavy atom. The van der Waals surface area contributed by atoms with Gasteiger partial charge >= 0.3 is 0 Å². The highest BCUT2D eigenvalue weighted by Gasteiger charge is 2.18. The predicted molar refractivity (Wildman–Crippen MR) is 151 cm³/mol. The third-order valence-electron chi connectivity index (χ3n) is 4.38. The van der Waals surface area contributed by atoms with Crippen LogP contribution >= 0.6 is 0 Å². The van der Waals surface area contributed by atoms with Gasteiger partial charge in [0, 0.05) is 5.56 Å². The zero-order valence-electron chi connectivity index (χ0n) is 23.7. The Morgan fingerprint density at radius 2 is 1.24 bits per heavy atom. The fourth-order valence-corrected chi connectivity index (χ4v) is 2.46. The molecule has 0 aromatic heterocycles. The van der Waals surface area contributed by atoms with Gasteiger partial charge in [-0.25, -0.2) is 0 Å². The molecule has 1 atom stereocenters. The molecule has 0 aliphatic rings. The van der Waals surface area contributed by atoms with Crippen LogP contribution in [0.3, 0.4) is 0 Å². The number of hydrogen-bond acceptors (Lipinski definition) is 5. The molecule has 0 saturated heterocycles. The molecule has 0 spiro atoms. The van der Waals surface area contributed by atoms with Gasteiger partial charge in [0.2, 0.25) is 17.6 Å². The van der Waals surface area contributed by atoms with Gasteiger partial charge in [0.1, 0.15) is 6.04 Å². The first kappa shape index (κ1) is 36.1. The molecule has 0 aliphatic heterocycles. The molecule has 2 aromatic carbocycles. The van der Waals surface area contributed by atoms with Crippen LogP contribution in [0.4, 0.5) is 0 Å². The van der Waals surface area contributed by atoms with Crippen molar-refractivity contribution >= 4 is 29.4 Å². The number of carbonyl (C=O) groups excluding carboxylic acids is 5. The van der Waals surface area contributed by atoms with Crippen molar-refractivity contribution in [2.45, 2.75) is 66.8 Å². The van der Waals surface area contributed by atoms with Crippen molar-refractivity contribution in [1.82, 2.24) is 16.0 Å². The molecular weight excluding hydrogens is 484 g/mol. The quantitative estimate of drug-likeness (QED) is 0.369. The Balaban J connectivity index is 0. The second kappa shape index (κ2) is 22.2. The van der Waals surface area contributed by atoms with Gasteiger partial charge in [-0.3, -0.25) is 24.0 Å². The molecule has 0 saturated carbocycles. The fourth-order valence-electron chi connectivity index (χ4n) is 2.46. The highest BCUT2D eigenvalue weighted by atomic mass is 16.2. The standard InChI is InChI=1S/C15H18N4O5.C9H12.C3H8.C2H6/c1-9(14(23)17-7-11(20)13(16)22)19-12(21)8-18-15(24)10-5-3-2-4-6-10;1-8(2)9-6-4-3-5-7-9;1-3-2;1-2/h2-6,9H,7-8H2,1H3,(H2,16,22)(H,17,23)(H,18,24)(H,19,21);3-8H,1-2H3;3H2,1-2H3;1-2H3/t9-;;;/m0.../s1. The Kier molecular flexibility index (Phi) is 21.1. The monoisotopic (exact) mass is 528 g/mol. The number of ketones is 1. The second-order valence-corrected chi connectivity index (χ2v) is 8.12. The normalized spacial score (nSPS) is 10.0. The third-order valence-corrected chi connectivity index (χ3v) is 4.38. The van der Waals surface area contributed by atoms with Gasteiger partial charge in [-0.1, -0.05) is 96.5 Å². The molecule has 5 N–H and O–H groups in total. The largest absolute Gasteiger partial charge is 0.363 e. The average Bonchev–Trinajstić information content (AvgIpc) is 2.92. The van der Waals surface area contributed by atoms with Gasteiger partial charge in [-0.15, -0.1) is 0 Å². The number of carbonyl (C=O) groups is 5. The minimum Gasteiger partial charge on any atom is -0.363 e. The van der Waals surface area contributed by atoms with E-state index in [0.29, 0.717) is 11.5 Å². The van der Waals surface area contributed by atoms with Crippen LogP contribution in [0.1, 0.15) is 76.7 Å². The maximum atomic E-state index is 11.8. The summed E-state index contributed by atoms with van der Waals surface area (Å²) in [7, 11) is 0. The van der Waals surface area contributed by atoms with Crippen molar-refractivity contribution in [2.24, 2.45) is 5.73 Å². The summed E-state index contributed by atoms with van der Waals surface area (Å²) in [5, 5.41) is 6.92. The third kappa shape index (κ3) is 17.4. The van der Waals surface area contributed by atoms with Crippen molar-refractivity contribution in [3.8, 4) is 0 Å². The SMILES string of the molecule is CC.CC(C)c1ccccc1.CCC.C[C@H](NC(=O)CNC(=O)c1ccccc1)C(=O)NCC(=O)C(N)=O. The van der Waals surface area contributed by atoms with Crippen LogP contribution in [0.25, 0.3) is 0 Å². The Labute approximate surface area is 227 Å². The number of hydrogen-bond donors (Lipinski definition) is 4. The zero-order valence-corrected chi connectivity index (χ0v) is 23.7. The van der Waals surface area contributed by atoms with E-state index in [2.05, 4.69) is 67.9 Å². The van der Waals surface area contributed by atoms with Crippen LogP contribution in [0, 0.1) is 0 Å². The summed E-state index contributed by atoms with van der Waals surface area (Å²) in [6, 6.07) is 17.9. The number of benzene rings is 2. The number of nitrogens with one attached hydrogen (secondary N) is 3. The highest BCUT2D eigenvalue weighted by molar-refractivity contribution is 6.36. The number of amides is 4. The average molecular weight is 529 g/mol.